The summed E-state index contributed by atoms with van der Waals surface area (Å²) < 4.78 is 39.1. The Bertz CT molecular complexity index is 639. The molecule has 20 heavy (non-hydrogen) atoms. The Balaban J connectivity index is 2.39. The van der Waals surface area contributed by atoms with E-state index in [9.17, 15) is 13.2 Å². The zero-order chi connectivity index (χ0) is 14.8. The highest BCUT2D eigenvalue weighted by Crippen LogP contribution is 2.30. The third-order valence-electron chi connectivity index (χ3n) is 2.88. The van der Waals surface area contributed by atoms with Crippen LogP contribution in [0.5, 0.6) is 0 Å². The second-order valence-electron chi connectivity index (χ2n) is 4.29. The summed E-state index contributed by atoms with van der Waals surface area (Å²) in [5, 5.41) is 6.55. The number of aromatic nitrogens is 3. The Morgan fingerprint density at radius 1 is 1.50 bits per heavy atom. The summed E-state index contributed by atoms with van der Waals surface area (Å²) in [5.41, 5.74) is -0.672. The topological polar surface area (TPSA) is 42.2 Å². The van der Waals surface area contributed by atoms with Crippen LogP contribution in [0.25, 0.3) is 5.52 Å². The summed E-state index contributed by atoms with van der Waals surface area (Å²) in [7, 11) is 0. The molecule has 4 nitrogen and oxygen atoms in total. The molecule has 0 saturated carbocycles. The normalized spacial score (nSPS) is 13.2. The highest BCUT2D eigenvalue weighted by Gasteiger charge is 2.34. The molecule has 106 valence electrons. The number of halogens is 3. The lowest BCUT2D eigenvalue weighted by Crippen LogP contribution is -2.18. The maximum absolute atomic E-state index is 12.7. The van der Waals surface area contributed by atoms with Gasteiger partial charge in [0.2, 0.25) is 0 Å². The number of nitrogens with zero attached hydrogens (tertiary/aromatic N) is 3. The Hall–Kier alpha value is -2.23. The van der Waals surface area contributed by atoms with E-state index in [1.165, 1.54) is 12.4 Å². The summed E-state index contributed by atoms with van der Waals surface area (Å²) in [5.74, 6) is 2.87. The molecular weight excluding hydrogens is 269 g/mol. The van der Waals surface area contributed by atoms with Crippen molar-refractivity contribution in [1.82, 2.24) is 14.6 Å². The number of hydrogen-bond donors (Lipinski definition) is 1. The molecule has 0 aliphatic heterocycles. The minimum absolute atomic E-state index is 0.0389. The van der Waals surface area contributed by atoms with Crippen molar-refractivity contribution in [3.63, 3.8) is 0 Å². The first kappa shape index (κ1) is 14.2. The first-order valence-electron chi connectivity index (χ1n) is 6.07. The van der Waals surface area contributed by atoms with E-state index in [0.717, 1.165) is 17.0 Å². The molecule has 1 N–H and O–H groups in total. The van der Waals surface area contributed by atoms with Crippen molar-refractivity contribution in [3.8, 4) is 12.3 Å². The van der Waals surface area contributed by atoms with Gasteiger partial charge in [0.05, 0.1) is 0 Å². The average Bonchev–Trinajstić information content (AvgIpc) is 2.83. The van der Waals surface area contributed by atoms with Crippen molar-refractivity contribution in [2.75, 3.05) is 5.32 Å². The highest BCUT2D eigenvalue weighted by atomic mass is 19.4. The maximum atomic E-state index is 12.7. The van der Waals surface area contributed by atoms with Crippen molar-refractivity contribution in [2.24, 2.45) is 0 Å². The van der Waals surface area contributed by atoms with Gasteiger partial charge in [0.1, 0.15) is 5.52 Å². The number of alkyl halides is 3. The van der Waals surface area contributed by atoms with Gasteiger partial charge in [0.15, 0.2) is 11.5 Å². The van der Waals surface area contributed by atoms with E-state index in [4.69, 9.17) is 6.42 Å². The average molecular weight is 282 g/mol. The van der Waals surface area contributed by atoms with Crippen LogP contribution in [0.1, 0.15) is 25.5 Å². The number of terminal acetylenes is 1. The van der Waals surface area contributed by atoms with E-state index < -0.39 is 11.9 Å². The fraction of sp³-hybridized carbons (Fsp3) is 0.385. The largest absolute Gasteiger partial charge is 0.435 e. The van der Waals surface area contributed by atoms with Crippen LogP contribution >= 0.6 is 0 Å². The minimum atomic E-state index is -4.48. The molecular formula is C13H13F3N4. The van der Waals surface area contributed by atoms with Gasteiger partial charge in [-0.15, -0.1) is 12.3 Å². The molecule has 1 atom stereocenters. The van der Waals surface area contributed by atoms with Crippen LogP contribution in [0.3, 0.4) is 0 Å². The first-order valence-corrected chi connectivity index (χ1v) is 6.07. The molecule has 0 bridgehead atoms. The number of hydrogen-bond acceptors (Lipinski definition) is 3. The quantitative estimate of drug-likeness (QED) is 0.877. The molecule has 2 aromatic heterocycles. The summed E-state index contributed by atoms with van der Waals surface area (Å²) in [6, 6.07) is 0.931. The second-order valence-corrected chi connectivity index (χ2v) is 4.29. The Labute approximate surface area is 114 Å². The van der Waals surface area contributed by atoms with Gasteiger partial charge in [-0.1, -0.05) is 6.92 Å². The third kappa shape index (κ3) is 2.85. The molecule has 1 unspecified atom stereocenters. The molecule has 0 amide bonds. The minimum Gasteiger partial charge on any atom is -0.365 e. The second kappa shape index (κ2) is 5.41. The van der Waals surface area contributed by atoms with Crippen molar-refractivity contribution in [3.05, 3.63) is 24.2 Å². The molecule has 2 rings (SSSR count). The lowest BCUT2D eigenvalue weighted by Gasteiger charge is -2.15. The van der Waals surface area contributed by atoms with Crippen LogP contribution < -0.4 is 5.32 Å². The lowest BCUT2D eigenvalue weighted by molar-refractivity contribution is -0.141. The van der Waals surface area contributed by atoms with Gasteiger partial charge in [-0.25, -0.2) is 9.50 Å². The van der Waals surface area contributed by atoms with Gasteiger partial charge >= 0.3 is 6.18 Å². The summed E-state index contributed by atoms with van der Waals surface area (Å²) in [6.45, 7) is 1.94. The molecule has 2 aromatic rings. The molecule has 0 fully saturated rings. The number of anilines is 1. The van der Waals surface area contributed by atoms with Crippen LogP contribution in [0.15, 0.2) is 18.5 Å². The van der Waals surface area contributed by atoms with E-state index in [1.807, 2.05) is 6.92 Å². The van der Waals surface area contributed by atoms with E-state index in [1.54, 1.807) is 0 Å². The van der Waals surface area contributed by atoms with Gasteiger partial charge in [-0.3, -0.25) is 0 Å². The molecule has 2 heterocycles. The summed E-state index contributed by atoms with van der Waals surface area (Å²) >= 11 is 0. The van der Waals surface area contributed by atoms with Gasteiger partial charge in [-0.2, -0.15) is 18.3 Å². The monoisotopic (exact) mass is 282 g/mol. The molecule has 0 spiro atoms. The number of nitrogens with one attached hydrogen (secondary N) is 1. The predicted molar refractivity (Wildman–Crippen MR) is 69.1 cm³/mol. The van der Waals surface area contributed by atoms with Gasteiger partial charge < -0.3 is 5.32 Å². The summed E-state index contributed by atoms with van der Waals surface area (Å²) in [4.78, 5) is 4.06. The van der Waals surface area contributed by atoms with Crippen LogP contribution in [-0.2, 0) is 6.18 Å². The van der Waals surface area contributed by atoms with Crippen LogP contribution in [-0.4, -0.2) is 20.6 Å². The summed E-state index contributed by atoms with van der Waals surface area (Å²) in [6.07, 6.45) is 4.76. The number of fused-ring (bicyclic) bond motifs is 1. The van der Waals surface area contributed by atoms with E-state index in [-0.39, 0.29) is 11.6 Å². The predicted octanol–water partition coefficient (Wildman–Crippen LogP) is 2.96. The van der Waals surface area contributed by atoms with Crippen molar-refractivity contribution >= 4 is 11.3 Å². The zero-order valence-corrected chi connectivity index (χ0v) is 10.8. The number of rotatable bonds is 4. The first-order chi connectivity index (χ1) is 9.45. The van der Waals surface area contributed by atoms with E-state index >= 15 is 0 Å². The molecule has 0 aliphatic carbocycles. The van der Waals surface area contributed by atoms with E-state index in [2.05, 4.69) is 21.3 Å². The van der Waals surface area contributed by atoms with Crippen molar-refractivity contribution in [2.45, 2.75) is 32.0 Å². The lowest BCUT2D eigenvalue weighted by atomic mass is 10.1. The highest BCUT2D eigenvalue weighted by molar-refractivity contribution is 5.68. The van der Waals surface area contributed by atoms with E-state index in [0.29, 0.717) is 12.2 Å². The van der Waals surface area contributed by atoms with Crippen LogP contribution in [0.2, 0.25) is 0 Å². The van der Waals surface area contributed by atoms with Crippen LogP contribution in [0.4, 0.5) is 19.0 Å². The molecule has 0 radical (unpaired) electrons. The standard InChI is InChI=1S/C13H13F3N4/c1-3-5-9(4-2)18-12-10-8-11(13(14,15)16)19-20(10)7-6-17-12/h1,6-9H,4-5H2,2H3,(H,17,18). The van der Waals surface area contributed by atoms with Crippen molar-refractivity contribution < 1.29 is 13.2 Å². The van der Waals surface area contributed by atoms with Gasteiger partial charge in [-0.05, 0) is 6.42 Å². The maximum Gasteiger partial charge on any atom is 0.435 e. The smallest absolute Gasteiger partial charge is 0.365 e. The Kier molecular flexibility index (Phi) is 3.84. The van der Waals surface area contributed by atoms with Gasteiger partial charge in [0, 0.05) is 30.9 Å². The molecule has 7 heteroatoms. The SMILES string of the molecule is C#CCC(CC)Nc1nccn2nc(C(F)(F)F)cc12. The fourth-order valence-corrected chi connectivity index (χ4v) is 1.80. The Morgan fingerprint density at radius 2 is 2.25 bits per heavy atom. The molecule has 0 aromatic carbocycles. The molecule has 0 saturated heterocycles. The van der Waals surface area contributed by atoms with Crippen LogP contribution in [0, 0.1) is 12.3 Å². The Morgan fingerprint density at radius 3 is 2.85 bits per heavy atom. The third-order valence-corrected chi connectivity index (χ3v) is 2.88. The molecule has 0 aliphatic rings. The zero-order valence-electron chi connectivity index (χ0n) is 10.8. The van der Waals surface area contributed by atoms with Crippen molar-refractivity contribution in [1.29, 1.82) is 0 Å². The van der Waals surface area contributed by atoms with Gasteiger partial charge in [0.25, 0.3) is 0 Å². The fourth-order valence-electron chi connectivity index (χ4n) is 1.80.